The van der Waals surface area contributed by atoms with Crippen molar-refractivity contribution in [1.29, 1.82) is 0 Å². The molecule has 2 aliphatic heterocycles. The smallest absolute Gasteiger partial charge is 0.163 e. The van der Waals surface area contributed by atoms with E-state index >= 15 is 0 Å². The lowest BCUT2D eigenvalue weighted by atomic mass is 9.98. The number of hydrogen-bond acceptors (Lipinski definition) is 9. The van der Waals surface area contributed by atoms with Crippen LogP contribution in [0.4, 0.5) is 0 Å². The number of methoxy groups -OCH3 is 5. The topological polar surface area (TPSA) is 133 Å². The zero-order chi connectivity index (χ0) is 50.1. The molecule has 71 heavy (non-hydrogen) atoms. The quantitative estimate of drug-likeness (QED) is 0.0679. The van der Waals surface area contributed by atoms with Gasteiger partial charge in [-0.2, -0.15) is 0 Å². The van der Waals surface area contributed by atoms with Crippen LogP contribution in [-0.2, 0) is 0 Å². The van der Waals surface area contributed by atoms with Gasteiger partial charge in [-0.05, 0) is 159 Å². The van der Waals surface area contributed by atoms with Crippen molar-refractivity contribution >= 4 is 52.2 Å². The lowest BCUT2D eigenvalue weighted by Crippen LogP contribution is -2.24. The zero-order valence-electron chi connectivity index (χ0n) is 42.4. The highest BCUT2D eigenvalue weighted by Crippen LogP contribution is 2.43. The summed E-state index contributed by atoms with van der Waals surface area (Å²) in [6.07, 6.45) is 9.50. The highest BCUT2D eigenvalue weighted by molar-refractivity contribution is 6.01. The molecule has 0 saturated carbocycles. The molecule has 0 saturated heterocycles. The number of H-pyrrole nitrogens is 2. The summed E-state index contributed by atoms with van der Waals surface area (Å²) in [6.45, 7) is 13.2. The molecule has 11 heteroatoms. The van der Waals surface area contributed by atoms with Crippen molar-refractivity contribution in [2.75, 3.05) is 42.1 Å². The Balaban J connectivity index is 1.40. The van der Waals surface area contributed by atoms with Crippen molar-refractivity contribution in [2.24, 2.45) is 0 Å². The van der Waals surface area contributed by atoms with E-state index in [1.807, 2.05) is 56.3 Å². The highest BCUT2D eigenvalue weighted by Gasteiger charge is 2.23. The van der Waals surface area contributed by atoms with E-state index in [1.165, 1.54) is 0 Å². The summed E-state index contributed by atoms with van der Waals surface area (Å²) in [5.41, 5.74) is 18.0. The van der Waals surface area contributed by atoms with Gasteiger partial charge in [0.25, 0.3) is 0 Å². The summed E-state index contributed by atoms with van der Waals surface area (Å²) >= 11 is 0. The molecule has 0 fully saturated rings. The minimum absolute atomic E-state index is 0.112. The van der Waals surface area contributed by atoms with Crippen LogP contribution in [0.15, 0.2) is 84.9 Å². The predicted molar refractivity (Wildman–Crippen MR) is 289 cm³/mol. The molecule has 8 bridgehead atoms. The lowest BCUT2D eigenvalue weighted by molar-refractivity contribution is 0.0979. The normalized spacial score (nSPS) is 11.9. The van der Waals surface area contributed by atoms with E-state index < -0.39 is 0 Å². The number of carbonyl (C=O) groups excluding carboxylic acids is 1. The van der Waals surface area contributed by atoms with Crippen molar-refractivity contribution in [2.45, 2.75) is 60.4 Å². The Morgan fingerprint density at radius 1 is 0.507 bits per heavy atom. The van der Waals surface area contributed by atoms with Gasteiger partial charge in [0.05, 0.1) is 58.3 Å². The number of nitrogens with zero attached hydrogens (tertiary/aromatic N) is 2. The number of nitrogens with one attached hydrogen (secondary N) is 3. The monoisotopic (exact) mass is 947 g/mol. The van der Waals surface area contributed by atoms with Gasteiger partial charge >= 0.3 is 0 Å². The maximum Gasteiger partial charge on any atom is 0.163 e. The second kappa shape index (κ2) is 20.2. The number of hydrogen-bond donors (Lipinski definition) is 3. The summed E-state index contributed by atoms with van der Waals surface area (Å²) < 4.78 is 29.6. The number of ether oxygens (including phenoxy) is 5. The van der Waals surface area contributed by atoms with E-state index in [-0.39, 0.29) is 5.78 Å². The molecular formula is C60H61N5O6. The van der Waals surface area contributed by atoms with Crippen LogP contribution in [0.3, 0.4) is 0 Å². The number of rotatable bonds is 15. The van der Waals surface area contributed by atoms with E-state index in [0.717, 1.165) is 130 Å². The molecule has 3 aromatic heterocycles. The van der Waals surface area contributed by atoms with Crippen LogP contribution >= 0.6 is 0 Å². The number of benzene rings is 4. The standard InChI is InChI=1S/C60H61N5O6/c1-33(2)61-26-12-13-51(66)38-14-16-39(17-15-38)56-43-18-20-45(62-43)57(40-27-34(3)36(5)52(29-40)67-7)46-22-24-49(64-46)59(42-30-53(68-8)37(6)54(31-42)69-9)50-25-23-48(65-50)58(47-21-19-44(56)63-47)41-28-35(4)60(71-11)55(32-41)70-10/h14-25,27-33,61-62,65H,12-13,26H2,1-11H3. The van der Waals surface area contributed by atoms with Crippen LogP contribution in [0.2, 0.25) is 0 Å². The molecular weight excluding hydrogens is 887 g/mol. The van der Waals surface area contributed by atoms with Gasteiger partial charge < -0.3 is 39.0 Å². The highest BCUT2D eigenvalue weighted by atomic mass is 16.5. The SMILES string of the molecule is COc1cc(-c2c3nc(c(-c4cc(OC)c(C)c(OC)c4)c4ccc([nH]4)c(-c4cc(C)c(OC)c(OC)c4)c4nc(c(-c5ccc(C(=O)CCCNC(C)C)cc5)c5ccc2[nH]5)C=C4)C=C3)cc(C)c1C. The van der Waals surface area contributed by atoms with E-state index in [1.54, 1.807) is 35.5 Å². The van der Waals surface area contributed by atoms with E-state index in [0.29, 0.717) is 41.0 Å². The van der Waals surface area contributed by atoms with E-state index in [9.17, 15) is 4.79 Å². The average molecular weight is 948 g/mol. The van der Waals surface area contributed by atoms with Gasteiger partial charge in [0, 0.05) is 67.9 Å². The maximum absolute atomic E-state index is 13.5. The van der Waals surface area contributed by atoms with Gasteiger partial charge in [0.15, 0.2) is 17.3 Å². The molecule has 0 unspecified atom stereocenters. The summed E-state index contributed by atoms with van der Waals surface area (Å²) in [7, 11) is 8.35. The van der Waals surface area contributed by atoms with E-state index in [4.69, 9.17) is 33.7 Å². The van der Waals surface area contributed by atoms with Crippen molar-refractivity contribution in [3.8, 4) is 73.3 Å². The molecule has 0 aliphatic carbocycles. The van der Waals surface area contributed by atoms with Crippen molar-refractivity contribution in [3.63, 3.8) is 0 Å². The number of aromatic nitrogens is 4. The molecule has 3 N–H and O–H groups in total. The van der Waals surface area contributed by atoms with Crippen molar-refractivity contribution < 1.29 is 28.5 Å². The first-order chi connectivity index (χ1) is 34.3. The van der Waals surface area contributed by atoms with Gasteiger partial charge in [-0.1, -0.05) is 44.2 Å². The summed E-state index contributed by atoms with van der Waals surface area (Å²) in [5.74, 6) is 3.54. The van der Waals surface area contributed by atoms with Gasteiger partial charge in [-0.3, -0.25) is 4.79 Å². The lowest BCUT2D eigenvalue weighted by Gasteiger charge is -2.14. The minimum Gasteiger partial charge on any atom is -0.496 e. The molecule has 5 heterocycles. The second-order valence-electron chi connectivity index (χ2n) is 18.4. The summed E-state index contributed by atoms with van der Waals surface area (Å²) in [5, 5.41) is 3.42. The first-order valence-corrected chi connectivity index (χ1v) is 24.0. The zero-order valence-corrected chi connectivity index (χ0v) is 42.4. The number of aromatic amines is 2. The Morgan fingerprint density at radius 2 is 0.915 bits per heavy atom. The Kier molecular flexibility index (Phi) is 13.7. The predicted octanol–water partition coefficient (Wildman–Crippen LogP) is 13.6. The Labute approximate surface area is 415 Å². The average Bonchev–Trinajstić information content (AvgIpc) is 4.23. The number of Topliss-reactive ketones (excluding diaryl/α,β-unsaturated/α-hetero) is 1. The second-order valence-corrected chi connectivity index (χ2v) is 18.4. The van der Waals surface area contributed by atoms with Gasteiger partial charge in [-0.25, -0.2) is 9.97 Å². The van der Waals surface area contributed by atoms with Gasteiger partial charge in [0.2, 0.25) is 0 Å². The number of fused-ring (bicyclic) bond motifs is 8. The largest absolute Gasteiger partial charge is 0.496 e. The van der Waals surface area contributed by atoms with E-state index in [2.05, 4.69) is 110 Å². The van der Waals surface area contributed by atoms with Crippen LogP contribution in [0, 0.1) is 27.7 Å². The van der Waals surface area contributed by atoms with Crippen LogP contribution in [0.1, 0.15) is 82.1 Å². The molecule has 7 aromatic rings. The maximum atomic E-state index is 13.5. The molecule has 362 valence electrons. The first kappa shape index (κ1) is 48.1. The molecule has 2 aliphatic rings. The summed E-state index contributed by atoms with van der Waals surface area (Å²) in [4.78, 5) is 32.2. The molecule has 4 aromatic carbocycles. The van der Waals surface area contributed by atoms with Gasteiger partial charge in [0.1, 0.15) is 17.2 Å². The molecule has 11 nitrogen and oxygen atoms in total. The Morgan fingerprint density at radius 3 is 1.35 bits per heavy atom. The molecule has 9 rings (SSSR count). The number of carbonyl (C=O) groups is 1. The molecule has 0 spiro atoms. The molecule has 0 radical (unpaired) electrons. The van der Waals surface area contributed by atoms with Crippen molar-refractivity contribution in [3.05, 3.63) is 136 Å². The fourth-order valence-electron chi connectivity index (χ4n) is 9.74. The molecule has 0 atom stereocenters. The summed E-state index contributed by atoms with van der Waals surface area (Å²) in [6, 6.07) is 29.1. The van der Waals surface area contributed by atoms with Crippen LogP contribution in [0.25, 0.3) is 90.9 Å². The third kappa shape index (κ3) is 9.33. The fourth-order valence-corrected chi connectivity index (χ4v) is 9.74. The Bertz CT molecular complexity index is 3420. The van der Waals surface area contributed by atoms with Crippen molar-refractivity contribution in [1.82, 2.24) is 25.3 Å². The third-order valence-electron chi connectivity index (χ3n) is 13.5. The minimum atomic E-state index is 0.112. The first-order valence-electron chi connectivity index (χ1n) is 24.0. The fraction of sp³-hybridized carbons (Fsp3) is 0.250. The number of aryl methyl sites for hydroxylation is 2. The van der Waals surface area contributed by atoms with Crippen LogP contribution in [0.5, 0.6) is 28.7 Å². The third-order valence-corrected chi connectivity index (χ3v) is 13.5. The Hall–Kier alpha value is -7.89. The van der Waals surface area contributed by atoms with Crippen LogP contribution < -0.4 is 29.0 Å². The molecule has 0 amide bonds. The number of ketones is 1. The van der Waals surface area contributed by atoms with Crippen LogP contribution in [-0.4, -0.2) is 73.9 Å². The van der Waals surface area contributed by atoms with Gasteiger partial charge in [-0.15, -0.1) is 0 Å².